The number of nitrogens with one attached hydrogen (secondary N) is 3. The highest BCUT2D eigenvalue weighted by atomic mass is 16.2. The van der Waals surface area contributed by atoms with Crippen LogP contribution in [0.4, 0.5) is 0 Å². The molecule has 6 nitrogen and oxygen atoms in total. The Labute approximate surface area is 116 Å². The van der Waals surface area contributed by atoms with Crippen LogP contribution in [0.25, 0.3) is 11.0 Å². The van der Waals surface area contributed by atoms with E-state index >= 15 is 0 Å². The van der Waals surface area contributed by atoms with Crippen LogP contribution in [0.1, 0.15) is 29.6 Å². The van der Waals surface area contributed by atoms with Gasteiger partial charge in [0, 0.05) is 24.6 Å². The van der Waals surface area contributed by atoms with E-state index in [4.69, 9.17) is 0 Å². The van der Waals surface area contributed by atoms with Crippen LogP contribution in [0.5, 0.6) is 0 Å². The molecule has 1 aliphatic rings. The molecule has 2 aromatic rings. The molecule has 0 bridgehead atoms. The fraction of sp³-hybridized carbons (Fsp3) is 0.357. The Morgan fingerprint density at radius 3 is 3.20 bits per heavy atom. The topological polar surface area (TPSA) is 86.9 Å². The largest absolute Gasteiger partial charge is 0.356 e. The van der Waals surface area contributed by atoms with E-state index in [-0.39, 0.29) is 17.9 Å². The lowest BCUT2D eigenvalue weighted by atomic mass is 10.1. The summed E-state index contributed by atoms with van der Waals surface area (Å²) in [6, 6.07) is 5.23. The SMILES string of the molecule is O=C1CC(NC(=O)c2ccc3nc[nH]c3c2)CCCN1. The monoisotopic (exact) mass is 272 g/mol. The van der Waals surface area contributed by atoms with Gasteiger partial charge in [-0.15, -0.1) is 0 Å². The van der Waals surface area contributed by atoms with Crippen LogP contribution in [-0.4, -0.2) is 34.4 Å². The van der Waals surface area contributed by atoms with E-state index in [0.29, 0.717) is 18.5 Å². The highest BCUT2D eigenvalue weighted by Gasteiger charge is 2.19. The number of imidazole rings is 1. The first kappa shape index (κ1) is 12.7. The number of aromatic nitrogens is 2. The Bertz CT molecular complexity index is 649. The number of carbonyl (C=O) groups excluding carboxylic acids is 2. The van der Waals surface area contributed by atoms with Crippen molar-refractivity contribution in [3.8, 4) is 0 Å². The lowest BCUT2D eigenvalue weighted by molar-refractivity contribution is -0.121. The van der Waals surface area contributed by atoms with E-state index < -0.39 is 0 Å². The number of hydrogen-bond donors (Lipinski definition) is 3. The normalized spacial score (nSPS) is 19.4. The summed E-state index contributed by atoms with van der Waals surface area (Å²) < 4.78 is 0. The zero-order valence-corrected chi connectivity index (χ0v) is 11.0. The summed E-state index contributed by atoms with van der Waals surface area (Å²) in [7, 11) is 0. The Hall–Kier alpha value is -2.37. The van der Waals surface area contributed by atoms with E-state index in [9.17, 15) is 9.59 Å². The van der Waals surface area contributed by atoms with Crippen molar-refractivity contribution < 1.29 is 9.59 Å². The summed E-state index contributed by atoms with van der Waals surface area (Å²) >= 11 is 0. The molecule has 1 saturated heterocycles. The number of H-pyrrole nitrogens is 1. The molecule has 104 valence electrons. The molecule has 20 heavy (non-hydrogen) atoms. The highest BCUT2D eigenvalue weighted by molar-refractivity contribution is 5.97. The molecule has 3 N–H and O–H groups in total. The van der Waals surface area contributed by atoms with Gasteiger partial charge in [0.1, 0.15) is 0 Å². The van der Waals surface area contributed by atoms with Crippen molar-refractivity contribution in [2.24, 2.45) is 0 Å². The Morgan fingerprint density at radius 2 is 2.30 bits per heavy atom. The number of nitrogens with zero attached hydrogens (tertiary/aromatic N) is 1. The van der Waals surface area contributed by atoms with Crippen LogP contribution in [-0.2, 0) is 4.79 Å². The van der Waals surface area contributed by atoms with Crippen LogP contribution in [0.3, 0.4) is 0 Å². The summed E-state index contributed by atoms with van der Waals surface area (Å²) in [5.74, 6) is -0.155. The van der Waals surface area contributed by atoms with Gasteiger partial charge < -0.3 is 15.6 Å². The van der Waals surface area contributed by atoms with Gasteiger partial charge in [-0.25, -0.2) is 4.98 Å². The van der Waals surface area contributed by atoms with E-state index in [1.165, 1.54) is 0 Å². The van der Waals surface area contributed by atoms with Crippen LogP contribution >= 0.6 is 0 Å². The van der Waals surface area contributed by atoms with Crippen molar-refractivity contribution in [3.63, 3.8) is 0 Å². The van der Waals surface area contributed by atoms with Gasteiger partial charge in [0.2, 0.25) is 5.91 Å². The minimum atomic E-state index is -0.152. The number of aromatic amines is 1. The zero-order chi connectivity index (χ0) is 13.9. The predicted octanol–water partition coefficient (Wildman–Crippen LogP) is 0.961. The fourth-order valence-electron chi connectivity index (χ4n) is 2.44. The number of benzene rings is 1. The van der Waals surface area contributed by atoms with Crippen molar-refractivity contribution in [2.75, 3.05) is 6.54 Å². The molecule has 6 heteroatoms. The van der Waals surface area contributed by atoms with E-state index in [0.717, 1.165) is 23.9 Å². The molecule has 0 saturated carbocycles. The maximum absolute atomic E-state index is 12.2. The Kier molecular flexibility index (Phi) is 3.37. The van der Waals surface area contributed by atoms with Crippen molar-refractivity contribution in [1.82, 2.24) is 20.6 Å². The van der Waals surface area contributed by atoms with Crippen LogP contribution < -0.4 is 10.6 Å². The summed E-state index contributed by atoms with van der Waals surface area (Å²) in [6.07, 6.45) is 3.65. The second kappa shape index (κ2) is 5.32. The van der Waals surface area contributed by atoms with Gasteiger partial charge in [-0.3, -0.25) is 9.59 Å². The van der Waals surface area contributed by atoms with Crippen molar-refractivity contribution in [2.45, 2.75) is 25.3 Å². The Morgan fingerprint density at radius 1 is 1.40 bits per heavy atom. The second-order valence-electron chi connectivity index (χ2n) is 5.00. The Balaban J connectivity index is 1.73. The maximum atomic E-state index is 12.2. The van der Waals surface area contributed by atoms with E-state index in [1.54, 1.807) is 24.5 Å². The average Bonchev–Trinajstić information content (AvgIpc) is 2.81. The molecule has 1 aromatic carbocycles. The first-order chi connectivity index (χ1) is 9.72. The van der Waals surface area contributed by atoms with E-state index in [2.05, 4.69) is 20.6 Å². The number of fused-ring (bicyclic) bond motifs is 1. The van der Waals surface area contributed by atoms with Gasteiger partial charge in [0.05, 0.1) is 17.4 Å². The van der Waals surface area contributed by atoms with Crippen molar-refractivity contribution in [3.05, 3.63) is 30.1 Å². The van der Waals surface area contributed by atoms with Crippen LogP contribution in [0.15, 0.2) is 24.5 Å². The smallest absolute Gasteiger partial charge is 0.251 e. The first-order valence-electron chi connectivity index (χ1n) is 6.73. The summed E-state index contributed by atoms with van der Waals surface area (Å²) in [5, 5.41) is 5.73. The molecule has 0 spiro atoms. The van der Waals surface area contributed by atoms with Crippen LogP contribution in [0, 0.1) is 0 Å². The van der Waals surface area contributed by atoms with Gasteiger partial charge in [-0.2, -0.15) is 0 Å². The van der Waals surface area contributed by atoms with Gasteiger partial charge in [0.15, 0.2) is 0 Å². The highest BCUT2D eigenvalue weighted by Crippen LogP contribution is 2.13. The quantitative estimate of drug-likeness (QED) is 0.761. The molecule has 1 fully saturated rings. The van der Waals surface area contributed by atoms with Crippen molar-refractivity contribution >= 4 is 22.8 Å². The molecule has 1 aliphatic heterocycles. The zero-order valence-electron chi connectivity index (χ0n) is 11.0. The van der Waals surface area contributed by atoms with Crippen molar-refractivity contribution in [1.29, 1.82) is 0 Å². The lowest BCUT2D eigenvalue weighted by Gasteiger charge is -2.15. The predicted molar refractivity (Wildman–Crippen MR) is 74.2 cm³/mol. The van der Waals surface area contributed by atoms with Gasteiger partial charge in [0.25, 0.3) is 5.91 Å². The number of carbonyl (C=O) groups is 2. The molecule has 2 amide bonds. The third-order valence-electron chi connectivity index (χ3n) is 3.50. The molecule has 0 aliphatic carbocycles. The summed E-state index contributed by atoms with van der Waals surface area (Å²) in [5.41, 5.74) is 2.23. The summed E-state index contributed by atoms with van der Waals surface area (Å²) in [6.45, 7) is 0.686. The lowest BCUT2D eigenvalue weighted by Crippen LogP contribution is -2.36. The first-order valence-corrected chi connectivity index (χ1v) is 6.73. The average molecular weight is 272 g/mol. The van der Waals surface area contributed by atoms with Gasteiger partial charge >= 0.3 is 0 Å². The number of amides is 2. The minimum absolute atomic E-state index is 0.00294. The molecule has 0 radical (unpaired) electrons. The maximum Gasteiger partial charge on any atom is 0.251 e. The second-order valence-corrected chi connectivity index (χ2v) is 5.00. The third kappa shape index (κ3) is 2.64. The molecular formula is C14H16N4O2. The molecule has 1 aromatic heterocycles. The minimum Gasteiger partial charge on any atom is -0.356 e. The third-order valence-corrected chi connectivity index (χ3v) is 3.50. The molecule has 3 rings (SSSR count). The fourth-order valence-corrected chi connectivity index (χ4v) is 2.44. The molecule has 2 heterocycles. The van der Waals surface area contributed by atoms with E-state index in [1.807, 2.05) is 0 Å². The summed E-state index contributed by atoms with van der Waals surface area (Å²) in [4.78, 5) is 30.8. The van der Waals surface area contributed by atoms with Crippen LogP contribution in [0.2, 0.25) is 0 Å². The molecule has 1 unspecified atom stereocenters. The molecule has 1 atom stereocenters. The van der Waals surface area contributed by atoms with Gasteiger partial charge in [-0.05, 0) is 31.0 Å². The van der Waals surface area contributed by atoms with Gasteiger partial charge in [-0.1, -0.05) is 0 Å². The standard InChI is InChI=1S/C14H16N4O2/c19-13-7-10(2-1-5-15-13)18-14(20)9-3-4-11-12(6-9)17-8-16-11/h3-4,6,8,10H,1-2,5,7H2,(H,15,19)(H,16,17)(H,18,20). The molecular weight excluding hydrogens is 256 g/mol. The number of rotatable bonds is 2. The number of hydrogen-bond acceptors (Lipinski definition) is 3.